The molecule has 0 fully saturated rings. The van der Waals surface area contributed by atoms with Crippen LogP contribution in [0.15, 0.2) is 23.7 Å². The third kappa shape index (κ3) is 3.49. The minimum atomic E-state index is -0.163. The van der Waals surface area contributed by atoms with Gasteiger partial charge in [0.2, 0.25) is 0 Å². The van der Waals surface area contributed by atoms with Gasteiger partial charge in [-0.3, -0.25) is 4.79 Å². The molecule has 0 aromatic carbocycles. The largest absolute Gasteiger partial charge is 0.346 e. The third-order valence-corrected chi connectivity index (χ3v) is 3.31. The van der Waals surface area contributed by atoms with Gasteiger partial charge in [-0.05, 0) is 18.6 Å². The summed E-state index contributed by atoms with van der Waals surface area (Å²) in [6.45, 7) is 2.39. The first-order valence-corrected chi connectivity index (χ1v) is 6.75. The number of carbonyl (C=O) groups is 1. The number of hydrogen-bond acceptors (Lipinski definition) is 6. The maximum atomic E-state index is 12.0. The molecular formula is C12H15N5OS. The molecule has 0 aliphatic heterocycles. The predicted octanol–water partition coefficient (Wildman–Crippen LogP) is 1.32. The molecule has 0 saturated heterocycles. The minimum Gasteiger partial charge on any atom is -0.346 e. The van der Waals surface area contributed by atoms with Gasteiger partial charge < -0.3 is 10.7 Å². The molecule has 2 aromatic heterocycles. The average Bonchev–Trinajstić information content (AvgIpc) is 2.97. The van der Waals surface area contributed by atoms with Gasteiger partial charge in [-0.1, -0.05) is 6.92 Å². The highest BCUT2D eigenvalue weighted by molar-refractivity contribution is 7.09. The van der Waals surface area contributed by atoms with Crippen molar-refractivity contribution < 1.29 is 4.79 Å². The monoisotopic (exact) mass is 277 g/mol. The van der Waals surface area contributed by atoms with Crippen molar-refractivity contribution in [1.82, 2.24) is 15.3 Å². The Bertz CT molecular complexity index is 533. The van der Waals surface area contributed by atoms with Gasteiger partial charge in [-0.25, -0.2) is 15.8 Å². The fraction of sp³-hybridized carbons (Fsp3) is 0.250. The molecule has 100 valence electrons. The van der Waals surface area contributed by atoms with E-state index in [0.29, 0.717) is 17.9 Å². The molecule has 19 heavy (non-hydrogen) atoms. The van der Waals surface area contributed by atoms with Crippen LogP contribution >= 0.6 is 11.3 Å². The fourth-order valence-corrected chi connectivity index (χ4v) is 2.13. The van der Waals surface area contributed by atoms with Crippen molar-refractivity contribution in [2.24, 2.45) is 5.84 Å². The smallest absolute Gasteiger partial charge is 0.251 e. The van der Waals surface area contributed by atoms with Crippen LogP contribution in [0.2, 0.25) is 0 Å². The van der Waals surface area contributed by atoms with E-state index in [9.17, 15) is 4.79 Å². The number of aryl methyl sites for hydroxylation is 1. The van der Waals surface area contributed by atoms with E-state index in [1.54, 1.807) is 18.3 Å². The summed E-state index contributed by atoms with van der Waals surface area (Å²) in [6.07, 6.45) is 2.45. The van der Waals surface area contributed by atoms with Gasteiger partial charge in [0.1, 0.15) is 10.8 Å². The number of carbonyl (C=O) groups excluding carboxylic acids is 1. The highest BCUT2D eigenvalue weighted by Gasteiger charge is 2.09. The van der Waals surface area contributed by atoms with Crippen molar-refractivity contribution in [3.8, 4) is 0 Å². The standard InChI is InChI=1S/C12H15N5OS/c1-2-9-5-8(6-10(16-9)17-13)12(18)15-7-11-14-3-4-19-11/h3-6H,2,7,13H2,1H3,(H,15,18)(H,16,17). The molecular weight excluding hydrogens is 262 g/mol. The summed E-state index contributed by atoms with van der Waals surface area (Å²) in [7, 11) is 0. The van der Waals surface area contributed by atoms with E-state index in [-0.39, 0.29) is 5.91 Å². The number of nitrogen functional groups attached to an aromatic ring is 1. The topological polar surface area (TPSA) is 92.9 Å². The zero-order valence-corrected chi connectivity index (χ0v) is 11.3. The van der Waals surface area contributed by atoms with Gasteiger partial charge >= 0.3 is 0 Å². The second kappa shape index (κ2) is 6.26. The Morgan fingerprint density at radius 2 is 2.32 bits per heavy atom. The van der Waals surface area contributed by atoms with Crippen LogP contribution in [0.25, 0.3) is 0 Å². The van der Waals surface area contributed by atoms with Crippen LogP contribution in [0.4, 0.5) is 5.82 Å². The van der Waals surface area contributed by atoms with Crippen molar-refractivity contribution in [2.45, 2.75) is 19.9 Å². The Kier molecular flexibility index (Phi) is 4.43. The molecule has 1 amide bonds. The Balaban J connectivity index is 2.09. The summed E-state index contributed by atoms with van der Waals surface area (Å²) in [4.78, 5) is 20.4. The van der Waals surface area contributed by atoms with Crippen LogP contribution in [-0.4, -0.2) is 15.9 Å². The summed E-state index contributed by atoms with van der Waals surface area (Å²) < 4.78 is 0. The fourth-order valence-electron chi connectivity index (χ4n) is 1.57. The van der Waals surface area contributed by atoms with Crippen molar-refractivity contribution in [1.29, 1.82) is 0 Å². The van der Waals surface area contributed by atoms with Crippen LogP contribution < -0.4 is 16.6 Å². The summed E-state index contributed by atoms with van der Waals surface area (Å²) >= 11 is 1.50. The van der Waals surface area contributed by atoms with E-state index in [1.807, 2.05) is 12.3 Å². The molecule has 0 unspecified atom stereocenters. The lowest BCUT2D eigenvalue weighted by Crippen LogP contribution is -2.23. The maximum Gasteiger partial charge on any atom is 0.251 e. The lowest BCUT2D eigenvalue weighted by atomic mass is 10.2. The highest BCUT2D eigenvalue weighted by Crippen LogP contribution is 2.11. The van der Waals surface area contributed by atoms with Gasteiger partial charge in [-0.2, -0.15) is 0 Å². The first-order chi connectivity index (χ1) is 9.22. The molecule has 6 nitrogen and oxygen atoms in total. The highest BCUT2D eigenvalue weighted by atomic mass is 32.1. The van der Waals surface area contributed by atoms with E-state index >= 15 is 0 Å². The minimum absolute atomic E-state index is 0.163. The van der Waals surface area contributed by atoms with Crippen LogP contribution in [0, 0.1) is 0 Å². The second-order valence-corrected chi connectivity index (χ2v) is 4.82. The van der Waals surface area contributed by atoms with Gasteiger partial charge in [0.15, 0.2) is 0 Å². The molecule has 0 spiro atoms. The van der Waals surface area contributed by atoms with Gasteiger partial charge in [0.05, 0.1) is 6.54 Å². The van der Waals surface area contributed by atoms with E-state index in [4.69, 9.17) is 5.84 Å². The predicted molar refractivity (Wildman–Crippen MR) is 74.7 cm³/mol. The normalized spacial score (nSPS) is 10.2. The van der Waals surface area contributed by atoms with E-state index in [1.165, 1.54) is 11.3 Å². The number of hydrazine groups is 1. The Labute approximate surface area is 115 Å². The number of nitrogens with two attached hydrogens (primary N) is 1. The van der Waals surface area contributed by atoms with Crippen molar-refractivity contribution >= 4 is 23.1 Å². The molecule has 7 heteroatoms. The lowest BCUT2D eigenvalue weighted by molar-refractivity contribution is 0.0950. The Morgan fingerprint density at radius 3 is 2.95 bits per heavy atom. The summed E-state index contributed by atoms with van der Waals surface area (Å²) in [5.74, 6) is 5.66. The third-order valence-electron chi connectivity index (χ3n) is 2.53. The molecule has 4 N–H and O–H groups in total. The Hall–Kier alpha value is -1.99. The quantitative estimate of drug-likeness (QED) is 0.566. The maximum absolute atomic E-state index is 12.0. The SMILES string of the molecule is CCc1cc(C(=O)NCc2nccs2)cc(NN)n1. The first kappa shape index (κ1) is 13.4. The molecule has 2 heterocycles. The van der Waals surface area contributed by atoms with Crippen molar-refractivity contribution in [3.63, 3.8) is 0 Å². The summed E-state index contributed by atoms with van der Waals surface area (Å²) in [5, 5.41) is 5.56. The molecule has 0 aliphatic rings. The van der Waals surface area contributed by atoms with E-state index in [0.717, 1.165) is 17.1 Å². The van der Waals surface area contributed by atoms with Crippen LogP contribution in [0.1, 0.15) is 28.0 Å². The van der Waals surface area contributed by atoms with E-state index in [2.05, 4.69) is 20.7 Å². The number of amides is 1. The Morgan fingerprint density at radius 1 is 1.47 bits per heavy atom. The number of rotatable bonds is 5. The van der Waals surface area contributed by atoms with Gasteiger partial charge in [0.25, 0.3) is 5.91 Å². The van der Waals surface area contributed by atoms with Gasteiger partial charge in [0, 0.05) is 22.8 Å². The van der Waals surface area contributed by atoms with Crippen molar-refractivity contribution in [3.05, 3.63) is 40.0 Å². The second-order valence-electron chi connectivity index (χ2n) is 3.84. The molecule has 0 radical (unpaired) electrons. The zero-order chi connectivity index (χ0) is 13.7. The molecule has 0 bridgehead atoms. The number of thiazole rings is 1. The average molecular weight is 277 g/mol. The number of hydrogen-bond donors (Lipinski definition) is 3. The number of pyridine rings is 1. The molecule has 2 rings (SSSR count). The van der Waals surface area contributed by atoms with Gasteiger partial charge in [-0.15, -0.1) is 11.3 Å². The molecule has 0 atom stereocenters. The molecule has 2 aromatic rings. The number of anilines is 1. The van der Waals surface area contributed by atoms with E-state index < -0.39 is 0 Å². The number of nitrogens with zero attached hydrogens (tertiary/aromatic N) is 2. The first-order valence-electron chi connectivity index (χ1n) is 5.87. The summed E-state index contributed by atoms with van der Waals surface area (Å²) in [5.41, 5.74) is 3.82. The molecule has 0 saturated carbocycles. The number of aromatic nitrogens is 2. The zero-order valence-electron chi connectivity index (χ0n) is 10.5. The summed E-state index contributed by atoms with van der Waals surface area (Å²) in [6, 6.07) is 3.38. The number of nitrogens with one attached hydrogen (secondary N) is 2. The van der Waals surface area contributed by atoms with Crippen molar-refractivity contribution in [2.75, 3.05) is 5.43 Å². The van der Waals surface area contributed by atoms with Crippen LogP contribution in [0.3, 0.4) is 0 Å². The molecule has 0 aliphatic carbocycles. The van der Waals surface area contributed by atoms with Crippen LogP contribution in [0.5, 0.6) is 0 Å². The van der Waals surface area contributed by atoms with Crippen LogP contribution in [-0.2, 0) is 13.0 Å². The lowest BCUT2D eigenvalue weighted by Gasteiger charge is -2.07.